The zero-order valence-corrected chi connectivity index (χ0v) is 12.1. The van der Waals surface area contributed by atoms with Gasteiger partial charge in [-0.3, -0.25) is 0 Å². The molecule has 1 nitrogen and oxygen atoms in total. The van der Waals surface area contributed by atoms with E-state index in [0.29, 0.717) is 22.1 Å². The molecule has 0 aliphatic carbocycles. The van der Waals surface area contributed by atoms with Gasteiger partial charge in [-0.05, 0) is 36.6 Å². The number of benzene rings is 1. The van der Waals surface area contributed by atoms with Gasteiger partial charge < -0.3 is 5.11 Å². The lowest BCUT2D eigenvalue weighted by molar-refractivity contribution is -0.137. The average molecular weight is 292 g/mol. The van der Waals surface area contributed by atoms with E-state index in [2.05, 4.69) is 13.8 Å². The number of hydrogen-bond donors (Lipinski definition) is 1. The maximum absolute atomic E-state index is 12.5. The molecule has 0 amide bonds. The molecule has 108 valence electrons. The van der Waals surface area contributed by atoms with Crippen molar-refractivity contribution >= 4 is 11.8 Å². The third-order valence-electron chi connectivity index (χ3n) is 3.07. The summed E-state index contributed by atoms with van der Waals surface area (Å²) in [5, 5.41) is 10.5. The lowest BCUT2D eigenvalue weighted by Crippen LogP contribution is -2.09. The topological polar surface area (TPSA) is 20.2 Å². The van der Waals surface area contributed by atoms with Crippen LogP contribution in [0.15, 0.2) is 18.2 Å². The Morgan fingerprint density at radius 3 is 2.42 bits per heavy atom. The smallest absolute Gasteiger partial charge is 0.388 e. The molecular weight excluding hydrogens is 273 g/mol. The summed E-state index contributed by atoms with van der Waals surface area (Å²) in [6.07, 6.45) is -4.05. The van der Waals surface area contributed by atoms with Crippen molar-refractivity contribution in [2.45, 2.75) is 44.7 Å². The van der Waals surface area contributed by atoms with Crippen LogP contribution in [0.3, 0.4) is 0 Å². The van der Waals surface area contributed by atoms with E-state index in [1.807, 2.05) is 0 Å². The van der Waals surface area contributed by atoms with Crippen LogP contribution in [0, 0.1) is 6.92 Å². The normalized spacial score (nSPS) is 15.3. The van der Waals surface area contributed by atoms with Crippen molar-refractivity contribution in [3.8, 4) is 0 Å². The van der Waals surface area contributed by atoms with E-state index in [1.165, 1.54) is 6.07 Å². The first-order chi connectivity index (χ1) is 8.75. The molecule has 1 rings (SSSR count). The van der Waals surface area contributed by atoms with Gasteiger partial charge in [0.2, 0.25) is 0 Å². The third-order valence-corrected chi connectivity index (χ3v) is 4.48. The van der Waals surface area contributed by atoms with E-state index in [4.69, 9.17) is 0 Å². The number of aliphatic hydroxyl groups excluding tert-OH is 1. The molecule has 0 aromatic heterocycles. The number of rotatable bonds is 5. The van der Waals surface area contributed by atoms with Crippen LogP contribution in [-0.4, -0.2) is 16.1 Å². The molecular formula is C14H19F3OS. The van der Waals surface area contributed by atoms with Crippen LogP contribution < -0.4 is 0 Å². The molecule has 2 unspecified atom stereocenters. The summed E-state index contributed by atoms with van der Waals surface area (Å²) in [5.74, 6) is 0.501. The van der Waals surface area contributed by atoms with Gasteiger partial charge in [-0.1, -0.05) is 19.9 Å². The molecule has 1 aromatic carbocycles. The molecule has 1 aromatic rings. The van der Waals surface area contributed by atoms with Gasteiger partial charge in [-0.2, -0.15) is 24.9 Å². The van der Waals surface area contributed by atoms with Gasteiger partial charge in [0.1, 0.15) is 0 Å². The van der Waals surface area contributed by atoms with Crippen LogP contribution in [0.2, 0.25) is 0 Å². The Labute approximate surface area is 116 Å². The third kappa shape index (κ3) is 4.73. The van der Waals surface area contributed by atoms with Crippen molar-refractivity contribution in [1.29, 1.82) is 0 Å². The van der Waals surface area contributed by atoms with Gasteiger partial charge in [0, 0.05) is 11.0 Å². The molecule has 0 heterocycles. The van der Waals surface area contributed by atoms with Crippen LogP contribution in [0.25, 0.3) is 0 Å². The summed E-state index contributed by atoms with van der Waals surface area (Å²) < 4.78 is 37.6. The summed E-state index contributed by atoms with van der Waals surface area (Å²) >= 11 is 1.63. The number of thioether (sulfide) groups is 1. The highest BCUT2D eigenvalue weighted by molar-refractivity contribution is 7.99. The fourth-order valence-corrected chi connectivity index (χ4v) is 2.62. The van der Waals surface area contributed by atoms with Crippen molar-refractivity contribution < 1.29 is 18.3 Å². The molecule has 19 heavy (non-hydrogen) atoms. The standard InChI is InChI=1S/C14H19F3OS/c1-4-10(3)19-8-13(18)12-6-5-11(7-9(12)2)14(15,16)17/h5-7,10,13,18H,4,8H2,1-3H3. The minimum absolute atomic E-state index is 0.435. The first kappa shape index (κ1) is 16.4. The molecule has 0 aliphatic rings. The van der Waals surface area contributed by atoms with Gasteiger partial charge in [-0.25, -0.2) is 0 Å². The average Bonchev–Trinajstić information content (AvgIpc) is 2.34. The van der Waals surface area contributed by atoms with Crippen LogP contribution in [-0.2, 0) is 6.18 Å². The zero-order chi connectivity index (χ0) is 14.6. The second kappa shape index (κ2) is 6.66. The maximum atomic E-state index is 12.5. The van der Waals surface area contributed by atoms with Crippen molar-refractivity contribution in [2.75, 3.05) is 5.75 Å². The van der Waals surface area contributed by atoms with Crippen molar-refractivity contribution in [3.63, 3.8) is 0 Å². The Morgan fingerprint density at radius 1 is 1.32 bits per heavy atom. The molecule has 1 N–H and O–H groups in total. The summed E-state index contributed by atoms with van der Waals surface area (Å²) in [7, 11) is 0. The molecule has 5 heteroatoms. The Bertz CT molecular complexity index is 418. The van der Waals surface area contributed by atoms with Gasteiger partial charge in [0.25, 0.3) is 0 Å². The summed E-state index contributed by atoms with van der Waals surface area (Å²) in [6, 6.07) is 3.49. The summed E-state index contributed by atoms with van der Waals surface area (Å²) in [5.41, 5.74) is 0.381. The quantitative estimate of drug-likeness (QED) is 0.857. The van der Waals surface area contributed by atoms with E-state index in [1.54, 1.807) is 18.7 Å². The zero-order valence-electron chi connectivity index (χ0n) is 11.3. The van der Waals surface area contributed by atoms with E-state index >= 15 is 0 Å². The van der Waals surface area contributed by atoms with Crippen molar-refractivity contribution in [2.24, 2.45) is 0 Å². The molecule has 0 saturated carbocycles. The van der Waals surface area contributed by atoms with Gasteiger partial charge in [0.05, 0.1) is 11.7 Å². The second-order valence-corrected chi connectivity index (χ2v) is 6.11. The molecule has 0 radical (unpaired) electrons. The Balaban J connectivity index is 2.79. The fourth-order valence-electron chi connectivity index (χ4n) is 1.69. The predicted molar refractivity (Wildman–Crippen MR) is 73.4 cm³/mol. The Morgan fingerprint density at radius 2 is 1.95 bits per heavy atom. The Hall–Kier alpha value is -0.680. The summed E-state index contributed by atoms with van der Waals surface area (Å²) in [4.78, 5) is 0. The highest BCUT2D eigenvalue weighted by Gasteiger charge is 2.31. The number of halogens is 3. The Kier molecular flexibility index (Phi) is 5.74. The molecule has 0 aliphatic heterocycles. The number of aryl methyl sites for hydroxylation is 1. The highest BCUT2D eigenvalue weighted by Crippen LogP contribution is 2.32. The lowest BCUT2D eigenvalue weighted by Gasteiger charge is -2.17. The highest BCUT2D eigenvalue weighted by atomic mass is 32.2. The van der Waals surface area contributed by atoms with Crippen molar-refractivity contribution in [3.05, 3.63) is 34.9 Å². The van der Waals surface area contributed by atoms with Crippen LogP contribution >= 0.6 is 11.8 Å². The molecule has 0 spiro atoms. The minimum Gasteiger partial charge on any atom is -0.388 e. The van der Waals surface area contributed by atoms with E-state index in [0.717, 1.165) is 18.6 Å². The SMILES string of the molecule is CCC(C)SCC(O)c1ccc(C(F)(F)F)cc1C. The van der Waals surface area contributed by atoms with Gasteiger partial charge >= 0.3 is 6.18 Å². The summed E-state index contributed by atoms with van der Waals surface area (Å²) in [6.45, 7) is 5.73. The van der Waals surface area contributed by atoms with Gasteiger partial charge in [-0.15, -0.1) is 0 Å². The lowest BCUT2D eigenvalue weighted by atomic mass is 10.0. The molecule has 2 atom stereocenters. The predicted octanol–water partition coefficient (Wildman–Crippen LogP) is 4.58. The first-order valence-electron chi connectivity index (χ1n) is 6.23. The fraction of sp³-hybridized carbons (Fsp3) is 0.571. The van der Waals surface area contributed by atoms with E-state index in [-0.39, 0.29) is 0 Å². The van der Waals surface area contributed by atoms with Gasteiger partial charge in [0.15, 0.2) is 0 Å². The van der Waals surface area contributed by atoms with Crippen LogP contribution in [0.1, 0.15) is 43.1 Å². The molecule has 0 saturated heterocycles. The largest absolute Gasteiger partial charge is 0.416 e. The first-order valence-corrected chi connectivity index (χ1v) is 7.28. The van der Waals surface area contributed by atoms with E-state index in [9.17, 15) is 18.3 Å². The minimum atomic E-state index is -4.33. The molecule has 0 bridgehead atoms. The van der Waals surface area contributed by atoms with Crippen LogP contribution in [0.5, 0.6) is 0 Å². The number of hydrogen-bond acceptors (Lipinski definition) is 2. The number of alkyl halides is 3. The maximum Gasteiger partial charge on any atom is 0.416 e. The monoisotopic (exact) mass is 292 g/mol. The van der Waals surface area contributed by atoms with E-state index < -0.39 is 17.8 Å². The van der Waals surface area contributed by atoms with Crippen molar-refractivity contribution in [1.82, 2.24) is 0 Å². The number of aliphatic hydroxyl groups is 1. The van der Waals surface area contributed by atoms with Crippen LogP contribution in [0.4, 0.5) is 13.2 Å². The second-order valence-electron chi connectivity index (χ2n) is 4.64. The molecule has 0 fully saturated rings.